The van der Waals surface area contributed by atoms with Crippen molar-refractivity contribution in [2.24, 2.45) is 7.05 Å². The molecular weight excluding hydrogens is 274 g/mol. The third-order valence-electron chi connectivity index (χ3n) is 3.24. The first kappa shape index (κ1) is 13.2. The summed E-state index contributed by atoms with van der Waals surface area (Å²) < 4.78 is 7.07. The Kier molecular flexibility index (Phi) is 3.48. The van der Waals surface area contributed by atoms with Crippen molar-refractivity contribution in [2.45, 2.75) is 29.9 Å². The molecule has 1 aliphatic rings. The standard InChI is InChI=1S/C14H15N3O2S/c1-9-8-11(13(18)19-9)20-14-16-15-12(17(14)2)10-6-4-3-5-7-10/h3-7,9,11H,8H2,1-2H3/t9-,11-/m1/s1. The predicted octanol–water partition coefficient (Wildman–Crippen LogP) is 2.28. The van der Waals surface area contributed by atoms with Crippen LogP contribution in [0.2, 0.25) is 0 Å². The van der Waals surface area contributed by atoms with Gasteiger partial charge in [-0.3, -0.25) is 4.79 Å². The molecule has 0 unspecified atom stereocenters. The van der Waals surface area contributed by atoms with Crippen LogP contribution in [0.5, 0.6) is 0 Å². The maximum atomic E-state index is 11.7. The molecule has 2 atom stereocenters. The Bertz CT molecular complexity index is 627. The molecular formula is C14H15N3O2S. The molecule has 104 valence electrons. The van der Waals surface area contributed by atoms with Gasteiger partial charge < -0.3 is 9.30 Å². The largest absolute Gasteiger partial charge is 0.462 e. The molecule has 1 aliphatic heterocycles. The second-order valence-electron chi connectivity index (χ2n) is 4.82. The highest BCUT2D eigenvalue weighted by atomic mass is 32.2. The van der Waals surface area contributed by atoms with E-state index < -0.39 is 0 Å². The van der Waals surface area contributed by atoms with Crippen LogP contribution >= 0.6 is 11.8 Å². The van der Waals surface area contributed by atoms with Crippen LogP contribution in [0.1, 0.15) is 13.3 Å². The van der Waals surface area contributed by atoms with Crippen molar-refractivity contribution >= 4 is 17.7 Å². The molecule has 0 aliphatic carbocycles. The van der Waals surface area contributed by atoms with Gasteiger partial charge in [0.15, 0.2) is 11.0 Å². The zero-order valence-electron chi connectivity index (χ0n) is 11.3. The summed E-state index contributed by atoms with van der Waals surface area (Å²) in [7, 11) is 1.91. The first-order valence-electron chi connectivity index (χ1n) is 6.47. The molecule has 0 radical (unpaired) electrons. The van der Waals surface area contributed by atoms with Crippen LogP contribution in [-0.4, -0.2) is 32.1 Å². The molecule has 1 aromatic heterocycles. The number of cyclic esters (lactones) is 1. The van der Waals surface area contributed by atoms with E-state index in [0.29, 0.717) is 0 Å². The molecule has 20 heavy (non-hydrogen) atoms. The van der Waals surface area contributed by atoms with E-state index in [-0.39, 0.29) is 17.3 Å². The number of rotatable bonds is 3. The summed E-state index contributed by atoms with van der Waals surface area (Å²) >= 11 is 1.42. The lowest BCUT2D eigenvalue weighted by molar-refractivity contribution is -0.140. The van der Waals surface area contributed by atoms with Gasteiger partial charge in [-0.15, -0.1) is 10.2 Å². The summed E-state index contributed by atoms with van der Waals surface area (Å²) in [6.07, 6.45) is 0.707. The molecule has 5 nitrogen and oxygen atoms in total. The number of hydrogen-bond donors (Lipinski definition) is 0. The van der Waals surface area contributed by atoms with E-state index in [1.807, 2.05) is 48.9 Å². The van der Waals surface area contributed by atoms with Gasteiger partial charge in [0.1, 0.15) is 11.4 Å². The van der Waals surface area contributed by atoms with Gasteiger partial charge in [-0.1, -0.05) is 42.1 Å². The average molecular weight is 289 g/mol. The van der Waals surface area contributed by atoms with E-state index in [4.69, 9.17) is 4.74 Å². The Morgan fingerprint density at radius 2 is 2.05 bits per heavy atom. The Labute approximate surface area is 121 Å². The molecule has 0 spiro atoms. The smallest absolute Gasteiger partial charge is 0.319 e. The van der Waals surface area contributed by atoms with Crippen molar-refractivity contribution in [3.63, 3.8) is 0 Å². The van der Waals surface area contributed by atoms with Crippen molar-refractivity contribution in [3.8, 4) is 11.4 Å². The molecule has 3 rings (SSSR count). The van der Waals surface area contributed by atoms with E-state index in [1.165, 1.54) is 11.8 Å². The first-order chi connectivity index (χ1) is 9.65. The number of nitrogens with zero attached hydrogens (tertiary/aromatic N) is 3. The van der Waals surface area contributed by atoms with E-state index in [9.17, 15) is 4.79 Å². The molecule has 0 N–H and O–H groups in total. The Morgan fingerprint density at radius 1 is 1.30 bits per heavy atom. The lowest BCUT2D eigenvalue weighted by Crippen LogP contribution is -2.10. The summed E-state index contributed by atoms with van der Waals surface area (Å²) in [6, 6.07) is 9.87. The third kappa shape index (κ3) is 2.43. The lowest BCUT2D eigenvalue weighted by atomic mass is 10.2. The minimum Gasteiger partial charge on any atom is -0.462 e. The summed E-state index contributed by atoms with van der Waals surface area (Å²) in [6.45, 7) is 1.91. The minimum absolute atomic E-state index is 0.0122. The average Bonchev–Trinajstić information content (AvgIpc) is 2.95. The fourth-order valence-corrected chi connectivity index (χ4v) is 3.31. The zero-order chi connectivity index (χ0) is 14.1. The second kappa shape index (κ2) is 5.28. The molecule has 0 bridgehead atoms. The molecule has 0 amide bonds. The number of thioether (sulfide) groups is 1. The van der Waals surface area contributed by atoms with Gasteiger partial charge in [0.05, 0.1) is 0 Å². The number of ether oxygens (including phenoxy) is 1. The highest BCUT2D eigenvalue weighted by molar-refractivity contribution is 8.00. The van der Waals surface area contributed by atoms with Crippen LogP contribution in [0.25, 0.3) is 11.4 Å². The monoisotopic (exact) mass is 289 g/mol. The number of carbonyl (C=O) groups is 1. The van der Waals surface area contributed by atoms with Crippen LogP contribution in [0.4, 0.5) is 0 Å². The van der Waals surface area contributed by atoms with Crippen LogP contribution < -0.4 is 0 Å². The summed E-state index contributed by atoms with van der Waals surface area (Å²) in [5, 5.41) is 8.95. The molecule has 6 heteroatoms. The van der Waals surface area contributed by atoms with Gasteiger partial charge in [0, 0.05) is 19.0 Å². The number of carbonyl (C=O) groups excluding carboxylic acids is 1. The second-order valence-corrected chi connectivity index (χ2v) is 5.99. The number of benzene rings is 1. The van der Waals surface area contributed by atoms with Crippen LogP contribution in [-0.2, 0) is 16.6 Å². The van der Waals surface area contributed by atoms with Crippen molar-refractivity contribution in [1.82, 2.24) is 14.8 Å². The van der Waals surface area contributed by atoms with E-state index >= 15 is 0 Å². The molecule has 1 aromatic carbocycles. The fraction of sp³-hybridized carbons (Fsp3) is 0.357. The van der Waals surface area contributed by atoms with Crippen molar-refractivity contribution in [3.05, 3.63) is 30.3 Å². The van der Waals surface area contributed by atoms with Gasteiger partial charge in [-0.25, -0.2) is 0 Å². The van der Waals surface area contributed by atoms with Gasteiger partial charge in [0.25, 0.3) is 0 Å². The number of esters is 1. The SMILES string of the molecule is C[C@@H]1C[C@@H](Sc2nnc(-c3ccccc3)n2C)C(=O)O1. The molecule has 2 aromatic rings. The first-order valence-corrected chi connectivity index (χ1v) is 7.35. The molecule has 1 saturated heterocycles. The Hall–Kier alpha value is -1.82. The fourth-order valence-electron chi connectivity index (χ4n) is 2.20. The highest BCUT2D eigenvalue weighted by Gasteiger charge is 2.34. The molecule has 1 fully saturated rings. The van der Waals surface area contributed by atoms with Gasteiger partial charge >= 0.3 is 5.97 Å². The van der Waals surface area contributed by atoms with E-state index in [2.05, 4.69) is 10.2 Å². The maximum absolute atomic E-state index is 11.7. The minimum atomic E-state index is -0.184. The lowest BCUT2D eigenvalue weighted by Gasteiger charge is -2.05. The number of hydrogen-bond acceptors (Lipinski definition) is 5. The summed E-state index contributed by atoms with van der Waals surface area (Å²) in [4.78, 5) is 11.7. The van der Waals surface area contributed by atoms with Crippen LogP contribution in [0, 0.1) is 0 Å². The maximum Gasteiger partial charge on any atom is 0.319 e. The van der Waals surface area contributed by atoms with Crippen molar-refractivity contribution < 1.29 is 9.53 Å². The van der Waals surface area contributed by atoms with Gasteiger partial charge in [0.2, 0.25) is 0 Å². The van der Waals surface area contributed by atoms with Crippen LogP contribution in [0.15, 0.2) is 35.5 Å². The summed E-state index contributed by atoms with van der Waals surface area (Å²) in [5.41, 5.74) is 1.01. The van der Waals surface area contributed by atoms with Crippen LogP contribution in [0.3, 0.4) is 0 Å². The topological polar surface area (TPSA) is 57.0 Å². The molecule has 0 saturated carbocycles. The van der Waals surface area contributed by atoms with Gasteiger partial charge in [-0.2, -0.15) is 0 Å². The van der Waals surface area contributed by atoms with E-state index in [0.717, 1.165) is 23.0 Å². The normalized spacial score (nSPS) is 22.0. The summed E-state index contributed by atoms with van der Waals surface area (Å²) in [5.74, 6) is 0.638. The quantitative estimate of drug-likeness (QED) is 0.811. The predicted molar refractivity (Wildman–Crippen MR) is 76.3 cm³/mol. The van der Waals surface area contributed by atoms with Crippen molar-refractivity contribution in [1.29, 1.82) is 0 Å². The van der Waals surface area contributed by atoms with Gasteiger partial charge in [-0.05, 0) is 6.92 Å². The third-order valence-corrected chi connectivity index (χ3v) is 4.48. The Balaban J connectivity index is 1.83. The Morgan fingerprint density at radius 3 is 2.70 bits per heavy atom. The van der Waals surface area contributed by atoms with E-state index in [1.54, 1.807) is 0 Å². The number of aromatic nitrogens is 3. The zero-order valence-corrected chi connectivity index (χ0v) is 12.1. The highest BCUT2D eigenvalue weighted by Crippen LogP contribution is 2.32. The molecule has 2 heterocycles. The van der Waals surface area contributed by atoms with Crippen molar-refractivity contribution in [2.75, 3.05) is 0 Å².